The zero-order valence-electron chi connectivity index (χ0n) is 12.4. The summed E-state index contributed by atoms with van der Waals surface area (Å²) in [6.07, 6.45) is -4.51. The minimum Gasteiger partial charge on any atom is -0.406 e. The molecule has 1 unspecified atom stereocenters. The number of nitrogens with one attached hydrogen (secondary N) is 2. The molecule has 1 aliphatic heterocycles. The molecule has 3 rings (SSSR count). The number of halogens is 3. The van der Waals surface area contributed by atoms with Gasteiger partial charge in [0.25, 0.3) is 0 Å². The minimum absolute atomic E-state index is 0.0556. The molecule has 130 valence electrons. The number of morpholine rings is 1. The standard InChI is InChI=1S/C14H14F3N3O3S/c15-14(16,17)23-9-1-2-10-11(6-9)24-13(19-10)20-12(21)5-8-7-22-4-3-18-8/h1-2,6,8,18H,3-5,7H2,(H,19,20,21). The van der Waals surface area contributed by atoms with Gasteiger partial charge in [0, 0.05) is 25.1 Å². The predicted octanol–water partition coefficient (Wildman–Crippen LogP) is 2.51. The monoisotopic (exact) mass is 361 g/mol. The van der Waals surface area contributed by atoms with Gasteiger partial charge in [-0.15, -0.1) is 13.2 Å². The molecule has 6 nitrogen and oxygen atoms in total. The van der Waals surface area contributed by atoms with E-state index in [0.717, 1.165) is 11.3 Å². The summed E-state index contributed by atoms with van der Waals surface area (Å²) in [7, 11) is 0. The van der Waals surface area contributed by atoms with Crippen LogP contribution in [0.5, 0.6) is 5.75 Å². The highest BCUT2D eigenvalue weighted by Crippen LogP contribution is 2.31. The van der Waals surface area contributed by atoms with E-state index in [1.54, 1.807) is 0 Å². The molecule has 1 aromatic heterocycles. The fourth-order valence-electron chi connectivity index (χ4n) is 2.30. The van der Waals surface area contributed by atoms with Crippen molar-refractivity contribution < 1.29 is 27.4 Å². The molecule has 1 aliphatic rings. The highest BCUT2D eigenvalue weighted by molar-refractivity contribution is 7.22. The number of aromatic nitrogens is 1. The SMILES string of the molecule is O=C(CC1COCCN1)Nc1nc2ccc(OC(F)(F)F)cc2s1. The second-order valence-corrected chi connectivity index (χ2v) is 6.21. The molecule has 24 heavy (non-hydrogen) atoms. The second kappa shape index (κ2) is 6.91. The van der Waals surface area contributed by atoms with Crippen molar-refractivity contribution in [2.24, 2.45) is 0 Å². The normalized spacial score (nSPS) is 18.5. The number of anilines is 1. The van der Waals surface area contributed by atoms with Gasteiger partial charge in [-0.05, 0) is 12.1 Å². The van der Waals surface area contributed by atoms with E-state index in [4.69, 9.17) is 4.74 Å². The number of ether oxygens (including phenoxy) is 2. The van der Waals surface area contributed by atoms with Crippen LogP contribution in [-0.4, -0.2) is 43.1 Å². The van der Waals surface area contributed by atoms with Crippen molar-refractivity contribution >= 4 is 32.6 Å². The molecule has 2 aromatic rings. The molecule has 0 radical (unpaired) electrons. The first-order valence-corrected chi connectivity index (χ1v) is 7.98. The molecule has 1 fully saturated rings. The van der Waals surface area contributed by atoms with Gasteiger partial charge in [0.1, 0.15) is 5.75 Å². The van der Waals surface area contributed by atoms with Crippen LogP contribution in [0.3, 0.4) is 0 Å². The van der Waals surface area contributed by atoms with Crippen LogP contribution in [-0.2, 0) is 9.53 Å². The van der Waals surface area contributed by atoms with Crippen molar-refractivity contribution in [2.75, 3.05) is 25.1 Å². The molecule has 1 aromatic carbocycles. The van der Waals surface area contributed by atoms with Crippen molar-refractivity contribution in [1.29, 1.82) is 0 Å². The Bertz CT molecular complexity index is 729. The number of alkyl halides is 3. The van der Waals surface area contributed by atoms with Gasteiger partial charge in [0.2, 0.25) is 5.91 Å². The number of amides is 1. The third-order valence-corrected chi connectivity index (χ3v) is 4.20. The Morgan fingerprint density at radius 3 is 3.04 bits per heavy atom. The highest BCUT2D eigenvalue weighted by Gasteiger charge is 2.31. The van der Waals surface area contributed by atoms with Gasteiger partial charge in [-0.3, -0.25) is 4.79 Å². The Morgan fingerprint density at radius 2 is 2.33 bits per heavy atom. The van der Waals surface area contributed by atoms with Crippen molar-refractivity contribution in [3.63, 3.8) is 0 Å². The zero-order chi connectivity index (χ0) is 17.2. The first kappa shape index (κ1) is 16.9. The van der Waals surface area contributed by atoms with Crippen LogP contribution in [0.25, 0.3) is 10.2 Å². The molecule has 2 heterocycles. The van der Waals surface area contributed by atoms with Gasteiger partial charge in [0.05, 0.1) is 23.4 Å². The minimum atomic E-state index is -4.75. The van der Waals surface area contributed by atoms with Crippen molar-refractivity contribution in [2.45, 2.75) is 18.8 Å². The molecule has 0 spiro atoms. The zero-order valence-corrected chi connectivity index (χ0v) is 13.2. The van der Waals surface area contributed by atoms with Crippen LogP contribution < -0.4 is 15.4 Å². The summed E-state index contributed by atoms with van der Waals surface area (Å²) >= 11 is 1.09. The number of nitrogens with zero attached hydrogens (tertiary/aromatic N) is 1. The summed E-state index contributed by atoms with van der Waals surface area (Å²) in [5.74, 6) is -0.552. The lowest BCUT2D eigenvalue weighted by Gasteiger charge is -2.22. The van der Waals surface area contributed by atoms with Crippen molar-refractivity contribution in [3.8, 4) is 5.75 Å². The average molecular weight is 361 g/mol. The fraction of sp³-hybridized carbons (Fsp3) is 0.429. The number of carbonyl (C=O) groups excluding carboxylic acids is 1. The summed E-state index contributed by atoms with van der Waals surface area (Å²) in [5, 5.41) is 6.15. The highest BCUT2D eigenvalue weighted by atomic mass is 32.1. The lowest BCUT2D eigenvalue weighted by atomic mass is 10.2. The van der Waals surface area contributed by atoms with E-state index in [9.17, 15) is 18.0 Å². The maximum Gasteiger partial charge on any atom is 0.573 e. The first-order valence-electron chi connectivity index (χ1n) is 7.16. The second-order valence-electron chi connectivity index (χ2n) is 5.17. The molecule has 1 amide bonds. The number of hydrogen-bond acceptors (Lipinski definition) is 6. The molecule has 0 bridgehead atoms. The van der Waals surface area contributed by atoms with Crippen molar-refractivity contribution in [3.05, 3.63) is 18.2 Å². The molecule has 1 atom stereocenters. The molecule has 0 saturated carbocycles. The van der Waals surface area contributed by atoms with Gasteiger partial charge >= 0.3 is 6.36 Å². The van der Waals surface area contributed by atoms with Crippen LogP contribution in [0.2, 0.25) is 0 Å². The van der Waals surface area contributed by atoms with E-state index in [-0.39, 0.29) is 24.1 Å². The molecule has 1 saturated heterocycles. The Labute approximate surface area is 139 Å². The quantitative estimate of drug-likeness (QED) is 0.876. The Morgan fingerprint density at radius 1 is 1.50 bits per heavy atom. The summed E-state index contributed by atoms with van der Waals surface area (Å²) in [6.45, 7) is 1.78. The molecule has 10 heteroatoms. The number of fused-ring (bicyclic) bond motifs is 1. The van der Waals surface area contributed by atoms with E-state index >= 15 is 0 Å². The molecular formula is C14H14F3N3O3S. The van der Waals surface area contributed by atoms with Gasteiger partial charge in [-0.2, -0.15) is 0 Å². The largest absolute Gasteiger partial charge is 0.573 e. The lowest BCUT2D eigenvalue weighted by molar-refractivity contribution is -0.274. The predicted molar refractivity (Wildman–Crippen MR) is 82.2 cm³/mol. The number of rotatable bonds is 4. The van der Waals surface area contributed by atoms with Crippen LogP contribution in [0.1, 0.15) is 6.42 Å². The molecular weight excluding hydrogens is 347 g/mol. The van der Waals surface area contributed by atoms with E-state index in [2.05, 4.69) is 20.4 Å². The van der Waals surface area contributed by atoms with E-state index < -0.39 is 6.36 Å². The van der Waals surface area contributed by atoms with Crippen molar-refractivity contribution in [1.82, 2.24) is 10.3 Å². The van der Waals surface area contributed by atoms with Gasteiger partial charge < -0.3 is 20.1 Å². The van der Waals surface area contributed by atoms with Gasteiger partial charge in [-0.1, -0.05) is 11.3 Å². The molecule has 2 N–H and O–H groups in total. The number of carbonyl (C=O) groups is 1. The van der Waals surface area contributed by atoms with E-state index in [1.165, 1.54) is 18.2 Å². The summed E-state index contributed by atoms with van der Waals surface area (Å²) in [4.78, 5) is 16.2. The number of hydrogen-bond donors (Lipinski definition) is 2. The van der Waals surface area contributed by atoms with E-state index in [1.807, 2.05) is 0 Å². The van der Waals surface area contributed by atoms with Crippen LogP contribution in [0, 0.1) is 0 Å². The lowest BCUT2D eigenvalue weighted by Crippen LogP contribution is -2.43. The van der Waals surface area contributed by atoms with Crippen LogP contribution in [0.4, 0.5) is 18.3 Å². The third kappa shape index (κ3) is 4.56. The Balaban J connectivity index is 1.65. The summed E-state index contributed by atoms with van der Waals surface area (Å²) in [6, 6.07) is 3.79. The Kier molecular flexibility index (Phi) is 4.88. The smallest absolute Gasteiger partial charge is 0.406 e. The third-order valence-electron chi connectivity index (χ3n) is 3.27. The van der Waals surface area contributed by atoms with Gasteiger partial charge in [-0.25, -0.2) is 4.98 Å². The maximum absolute atomic E-state index is 12.2. The number of benzene rings is 1. The van der Waals surface area contributed by atoms with Crippen LogP contribution >= 0.6 is 11.3 Å². The fourth-order valence-corrected chi connectivity index (χ4v) is 3.21. The van der Waals surface area contributed by atoms with E-state index in [0.29, 0.717) is 35.1 Å². The summed E-state index contributed by atoms with van der Waals surface area (Å²) < 4.78 is 46.3. The van der Waals surface area contributed by atoms with Crippen LogP contribution in [0.15, 0.2) is 18.2 Å². The topological polar surface area (TPSA) is 72.5 Å². The Hall–Kier alpha value is -1.91. The molecule has 0 aliphatic carbocycles. The first-order chi connectivity index (χ1) is 11.4. The van der Waals surface area contributed by atoms with Gasteiger partial charge in [0.15, 0.2) is 5.13 Å². The number of thiazole rings is 1. The maximum atomic E-state index is 12.2. The summed E-state index contributed by atoms with van der Waals surface area (Å²) in [5.41, 5.74) is 0.490. The average Bonchev–Trinajstić information content (AvgIpc) is 2.87.